The largest absolute Gasteiger partial charge is 0.337 e. The van der Waals surface area contributed by atoms with Gasteiger partial charge in [-0.3, -0.25) is 0 Å². The van der Waals surface area contributed by atoms with Crippen LogP contribution in [0.5, 0.6) is 0 Å². The average Bonchev–Trinajstić information content (AvgIpc) is 3.36. The second kappa shape index (κ2) is 7.79. The molecule has 0 saturated carbocycles. The number of carbonyl (C=O) groups excluding carboxylic acids is 1. The molecule has 8 nitrogen and oxygen atoms in total. The minimum Gasteiger partial charge on any atom is -0.337 e. The minimum absolute atomic E-state index is 0.131. The van der Waals surface area contributed by atoms with Gasteiger partial charge in [-0.2, -0.15) is 5.10 Å². The maximum absolute atomic E-state index is 12.9. The highest BCUT2D eigenvalue weighted by atomic mass is 35.5. The highest BCUT2D eigenvalue weighted by Gasteiger charge is 2.24. The molecule has 1 saturated heterocycles. The Morgan fingerprint density at radius 3 is 3.00 bits per heavy atom. The summed E-state index contributed by atoms with van der Waals surface area (Å²) in [5, 5.41) is 7.67. The summed E-state index contributed by atoms with van der Waals surface area (Å²) in [5.74, 6) is 0.410. The van der Waals surface area contributed by atoms with Gasteiger partial charge in [0.15, 0.2) is 0 Å². The second-order valence-electron chi connectivity index (χ2n) is 6.65. The third-order valence-corrected chi connectivity index (χ3v) is 4.94. The van der Waals surface area contributed by atoms with Gasteiger partial charge in [-0.05, 0) is 37.0 Å². The van der Waals surface area contributed by atoms with Gasteiger partial charge in [-0.15, -0.1) is 0 Å². The van der Waals surface area contributed by atoms with E-state index in [1.807, 2.05) is 23.5 Å². The van der Waals surface area contributed by atoms with Crippen molar-refractivity contribution in [3.05, 3.63) is 54.6 Å². The number of nitrogens with zero attached hydrogens (tertiary/aromatic N) is 6. The molecule has 0 spiro atoms. The SMILES string of the molecule is O=C(Nc1cc(Cl)ccc1-n1cncn1)N1CCC[C@H](Cn2ccnc2)C1. The van der Waals surface area contributed by atoms with E-state index in [0.29, 0.717) is 23.2 Å². The predicted octanol–water partition coefficient (Wildman–Crippen LogP) is 3.06. The van der Waals surface area contributed by atoms with E-state index in [2.05, 4.69) is 25.0 Å². The normalized spacial score (nSPS) is 17.1. The van der Waals surface area contributed by atoms with Crippen LogP contribution in [0.1, 0.15) is 12.8 Å². The molecule has 1 N–H and O–H groups in total. The fourth-order valence-electron chi connectivity index (χ4n) is 3.43. The Morgan fingerprint density at radius 2 is 2.22 bits per heavy atom. The first-order chi connectivity index (χ1) is 13.2. The number of benzene rings is 1. The first kappa shape index (κ1) is 17.5. The summed E-state index contributed by atoms with van der Waals surface area (Å²) >= 11 is 6.13. The molecule has 1 aliphatic heterocycles. The van der Waals surface area contributed by atoms with Crippen molar-refractivity contribution in [1.29, 1.82) is 0 Å². The number of imidazole rings is 1. The van der Waals surface area contributed by atoms with E-state index in [-0.39, 0.29) is 6.03 Å². The van der Waals surface area contributed by atoms with Crippen molar-refractivity contribution < 1.29 is 4.79 Å². The molecule has 9 heteroatoms. The van der Waals surface area contributed by atoms with E-state index < -0.39 is 0 Å². The highest BCUT2D eigenvalue weighted by molar-refractivity contribution is 6.31. The van der Waals surface area contributed by atoms with Crippen LogP contribution in [0.3, 0.4) is 0 Å². The van der Waals surface area contributed by atoms with E-state index in [1.165, 1.54) is 6.33 Å². The molecule has 1 aliphatic rings. The van der Waals surface area contributed by atoms with Crippen molar-refractivity contribution in [2.45, 2.75) is 19.4 Å². The standard InChI is InChI=1S/C18H20ClN7O/c19-15-3-4-17(26-13-21-11-22-26)16(8-15)23-18(27)25-6-1-2-14(10-25)9-24-7-5-20-12-24/h3-5,7-8,11-14H,1-2,6,9-10H2,(H,23,27)/t14-/m1/s1. The van der Waals surface area contributed by atoms with Crippen LogP contribution < -0.4 is 5.32 Å². The number of nitrogens with one attached hydrogen (secondary N) is 1. The van der Waals surface area contributed by atoms with Gasteiger partial charge in [0.2, 0.25) is 0 Å². The number of halogens is 1. The molecule has 1 atom stereocenters. The topological polar surface area (TPSA) is 80.9 Å². The molecule has 0 aliphatic carbocycles. The molecule has 0 radical (unpaired) electrons. The number of rotatable bonds is 4. The molecule has 2 amide bonds. The van der Waals surface area contributed by atoms with Crippen molar-refractivity contribution in [2.75, 3.05) is 18.4 Å². The van der Waals surface area contributed by atoms with Gasteiger partial charge in [0.25, 0.3) is 0 Å². The molecule has 3 aromatic rings. The maximum atomic E-state index is 12.9. The van der Waals surface area contributed by atoms with Crippen molar-refractivity contribution in [3.63, 3.8) is 0 Å². The van der Waals surface area contributed by atoms with Gasteiger partial charge in [-0.25, -0.2) is 19.4 Å². The second-order valence-corrected chi connectivity index (χ2v) is 7.08. The van der Waals surface area contributed by atoms with E-state index in [9.17, 15) is 4.79 Å². The van der Waals surface area contributed by atoms with Crippen LogP contribution in [0.25, 0.3) is 5.69 Å². The Morgan fingerprint density at radius 1 is 1.30 bits per heavy atom. The minimum atomic E-state index is -0.131. The molecule has 4 rings (SSSR count). The van der Waals surface area contributed by atoms with Crippen LogP contribution in [0, 0.1) is 5.92 Å². The average molecular weight is 386 g/mol. The van der Waals surface area contributed by atoms with E-state index in [0.717, 1.165) is 31.6 Å². The summed E-state index contributed by atoms with van der Waals surface area (Å²) < 4.78 is 3.66. The summed E-state index contributed by atoms with van der Waals surface area (Å²) in [6.07, 6.45) is 10.7. The van der Waals surface area contributed by atoms with Crippen LogP contribution in [0.2, 0.25) is 5.02 Å². The fraction of sp³-hybridized carbons (Fsp3) is 0.333. The van der Waals surface area contributed by atoms with Crippen LogP contribution in [0.15, 0.2) is 49.6 Å². The number of aromatic nitrogens is 5. The van der Waals surface area contributed by atoms with Gasteiger partial charge in [0.05, 0.1) is 17.7 Å². The smallest absolute Gasteiger partial charge is 0.321 e. The lowest BCUT2D eigenvalue weighted by atomic mass is 9.98. The van der Waals surface area contributed by atoms with Crippen LogP contribution >= 0.6 is 11.6 Å². The summed E-state index contributed by atoms with van der Waals surface area (Å²) in [6.45, 7) is 2.32. The van der Waals surface area contributed by atoms with Crippen molar-refractivity contribution in [2.24, 2.45) is 5.92 Å². The molecule has 27 heavy (non-hydrogen) atoms. The van der Waals surface area contributed by atoms with Gasteiger partial charge < -0.3 is 14.8 Å². The summed E-state index contributed by atoms with van der Waals surface area (Å²) in [5.41, 5.74) is 1.33. The Labute approximate surface area is 161 Å². The number of urea groups is 1. The monoisotopic (exact) mass is 385 g/mol. The third-order valence-electron chi connectivity index (χ3n) is 4.70. The summed E-state index contributed by atoms with van der Waals surface area (Å²) in [4.78, 5) is 22.8. The van der Waals surface area contributed by atoms with E-state index in [1.54, 1.807) is 29.3 Å². The van der Waals surface area contributed by atoms with Crippen LogP contribution in [0.4, 0.5) is 10.5 Å². The van der Waals surface area contributed by atoms with Crippen LogP contribution in [-0.2, 0) is 6.54 Å². The predicted molar refractivity (Wildman–Crippen MR) is 102 cm³/mol. The zero-order valence-electron chi connectivity index (χ0n) is 14.7. The maximum Gasteiger partial charge on any atom is 0.321 e. The number of anilines is 1. The number of piperidine rings is 1. The lowest BCUT2D eigenvalue weighted by Gasteiger charge is -2.33. The molecule has 1 aromatic carbocycles. The molecule has 2 aromatic heterocycles. The van der Waals surface area contributed by atoms with E-state index in [4.69, 9.17) is 11.6 Å². The first-order valence-electron chi connectivity index (χ1n) is 8.85. The molecule has 0 unspecified atom stereocenters. The third kappa shape index (κ3) is 4.11. The van der Waals surface area contributed by atoms with Crippen molar-refractivity contribution >= 4 is 23.3 Å². The molecule has 3 heterocycles. The number of amides is 2. The Hall–Kier alpha value is -2.87. The highest BCUT2D eigenvalue weighted by Crippen LogP contribution is 2.25. The quantitative estimate of drug-likeness (QED) is 0.748. The summed E-state index contributed by atoms with van der Waals surface area (Å²) in [6, 6.07) is 5.17. The molecular formula is C18H20ClN7O. The molecular weight excluding hydrogens is 366 g/mol. The molecule has 140 valence electrons. The summed E-state index contributed by atoms with van der Waals surface area (Å²) in [7, 11) is 0. The molecule has 0 bridgehead atoms. The van der Waals surface area contributed by atoms with E-state index >= 15 is 0 Å². The van der Waals surface area contributed by atoms with Crippen molar-refractivity contribution in [1.82, 2.24) is 29.2 Å². The first-order valence-corrected chi connectivity index (χ1v) is 9.23. The van der Waals surface area contributed by atoms with Gasteiger partial charge in [0.1, 0.15) is 12.7 Å². The Bertz CT molecular complexity index is 895. The zero-order valence-corrected chi connectivity index (χ0v) is 15.5. The fourth-order valence-corrected chi connectivity index (χ4v) is 3.60. The lowest BCUT2D eigenvalue weighted by molar-refractivity contribution is 0.170. The zero-order chi connectivity index (χ0) is 18.6. The Balaban J connectivity index is 1.46. The Kier molecular flexibility index (Phi) is 5.06. The van der Waals surface area contributed by atoms with Gasteiger partial charge in [-0.1, -0.05) is 11.6 Å². The van der Waals surface area contributed by atoms with Crippen LogP contribution in [-0.4, -0.2) is 48.3 Å². The number of hydrogen-bond donors (Lipinski definition) is 1. The number of hydrogen-bond acceptors (Lipinski definition) is 4. The molecule has 1 fully saturated rings. The number of carbonyl (C=O) groups is 1. The van der Waals surface area contributed by atoms with Gasteiger partial charge in [0, 0.05) is 37.1 Å². The van der Waals surface area contributed by atoms with Gasteiger partial charge >= 0.3 is 6.03 Å². The van der Waals surface area contributed by atoms with Crippen molar-refractivity contribution in [3.8, 4) is 5.69 Å². The lowest BCUT2D eigenvalue weighted by Crippen LogP contribution is -2.43. The number of likely N-dealkylation sites (tertiary alicyclic amines) is 1.